The summed E-state index contributed by atoms with van der Waals surface area (Å²) >= 11 is 0. The molecule has 0 radical (unpaired) electrons. The zero-order chi connectivity index (χ0) is 13.3. The van der Waals surface area contributed by atoms with E-state index >= 15 is 0 Å². The zero-order valence-electron chi connectivity index (χ0n) is 11.2. The second kappa shape index (κ2) is 4.67. The summed E-state index contributed by atoms with van der Waals surface area (Å²) in [7, 11) is 0. The fourth-order valence-corrected chi connectivity index (χ4v) is 2.53. The average Bonchev–Trinajstić information content (AvgIpc) is 2.47. The van der Waals surface area contributed by atoms with Crippen LogP contribution in [-0.4, -0.2) is 22.5 Å². The molecule has 1 aliphatic rings. The molecule has 0 aromatic carbocycles. The second-order valence-corrected chi connectivity index (χ2v) is 6.39. The molecule has 17 heavy (non-hydrogen) atoms. The number of carboxylic acids is 1. The Kier molecular flexibility index (Phi) is 3.84. The van der Waals surface area contributed by atoms with Crippen LogP contribution < -0.4 is 5.32 Å². The summed E-state index contributed by atoms with van der Waals surface area (Å²) < 4.78 is 0. The van der Waals surface area contributed by atoms with Crippen molar-refractivity contribution in [3.8, 4) is 0 Å². The third-order valence-corrected chi connectivity index (χ3v) is 3.51. The second-order valence-electron chi connectivity index (χ2n) is 6.39. The molecule has 0 saturated heterocycles. The zero-order valence-corrected chi connectivity index (χ0v) is 11.2. The van der Waals surface area contributed by atoms with Gasteiger partial charge in [-0.15, -0.1) is 0 Å². The number of nitrogens with one attached hydrogen (secondary N) is 1. The summed E-state index contributed by atoms with van der Waals surface area (Å²) in [5.74, 6) is -2.38. The summed E-state index contributed by atoms with van der Waals surface area (Å²) in [6.45, 7) is 7.34. The van der Waals surface area contributed by atoms with E-state index in [2.05, 4.69) is 5.32 Å². The fraction of sp³-hybridized carbons (Fsp3) is 0.846. The SMILES string of the molecule is CC1(NC(=O)C(C(=O)O)C(C)(C)C)CCCC1. The predicted molar refractivity (Wildman–Crippen MR) is 65.6 cm³/mol. The molecule has 4 nitrogen and oxygen atoms in total. The molecule has 0 aromatic rings. The quantitative estimate of drug-likeness (QED) is 0.744. The van der Waals surface area contributed by atoms with Crippen molar-refractivity contribution >= 4 is 11.9 Å². The van der Waals surface area contributed by atoms with Crippen molar-refractivity contribution in [3.63, 3.8) is 0 Å². The Balaban J connectivity index is 2.76. The molecule has 0 spiro atoms. The van der Waals surface area contributed by atoms with Crippen LogP contribution in [0.1, 0.15) is 53.4 Å². The molecule has 1 saturated carbocycles. The molecule has 1 amide bonds. The monoisotopic (exact) mass is 241 g/mol. The maximum atomic E-state index is 12.1. The average molecular weight is 241 g/mol. The first-order chi connectivity index (χ1) is 7.66. The summed E-state index contributed by atoms with van der Waals surface area (Å²) in [4.78, 5) is 23.3. The molecule has 1 fully saturated rings. The molecule has 1 unspecified atom stereocenters. The number of hydrogen-bond acceptors (Lipinski definition) is 2. The van der Waals surface area contributed by atoms with Gasteiger partial charge in [0.15, 0.2) is 0 Å². The van der Waals surface area contributed by atoms with Gasteiger partial charge in [-0.3, -0.25) is 9.59 Å². The molecule has 0 bridgehead atoms. The van der Waals surface area contributed by atoms with Crippen LogP contribution in [0.2, 0.25) is 0 Å². The lowest BCUT2D eigenvalue weighted by molar-refractivity contribution is -0.152. The minimum absolute atomic E-state index is 0.212. The molecule has 98 valence electrons. The Hall–Kier alpha value is -1.06. The van der Waals surface area contributed by atoms with Crippen LogP contribution >= 0.6 is 0 Å². The van der Waals surface area contributed by atoms with Crippen molar-refractivity contribution in [2.24, 2.45) is 11.3 Å². The number of rotatable bonds is 3. The lowest BCUT2D eigenvalue weighted by Crippen LogP contribution is -2.51. The summed E-state index contributed by atoms with van der Waals surface area (Å²) in [6.07, 6.45) is 4.08. The first-order valence-electron chi connectivity index (χ1n) is 6.20. The Morgan fingerprint density at radius 1 is 1.24 bits per heavy atom. The van der Waals surface area contributed by atoms with Gasteiger partial charge in [-0.25, -0.2) is 0 Å². The summed E-state index contributed by atoms with van der Waals surface area (Å²) in [5.41, 5.74) is -0.777. The van der Waals surface area contributed by atoms with Crippen LogP contribution in [0.5, 0.6) is 0 Å². The topological polar surface area (TPSA) is 66.4 Å². The van der Waals surface area contributed by atoms with Gasteiger partial charge in [-0.2, -0.15) is 0 Å². The van der Waals surface area contributed by atoms with Gasteiger partial charge in [0.1, 0.15) is 5.92 Å². The van der Waals surface area contributed by atoms with Crippen molar-refractivity contribution in [1.82, 2.24) is 5.32 Å². The Morgan fingerprint density at radius 2 is 1.71 bits per heavy atom. The molecule has 2 N–H and O–H groups in total. The van der Waals surface area contributed by atoms with E-state index in [4.69, 9.17) is 0 Å². The van der Waals surface area contributed by atoms with Gasteiger partial charge in [-0.1, -0.05) is 33.6 Å². The van der Waals surface area contributed by atoms with E-state index in [9.17, 15) is 14.7 Å². The van der Waals surface area contributed by atoms with E-state index in [1.54, 1.807) is 20.8 Å². The lowest BCUT2D eigenvalue weighted by atomic mass is 9.79. The highest BCUT2D eigenvalue weighted by atomic mass is 16.4. The predicted octanol–water partition coefficient (Wildman–Crippen LogP) is 2.18. The van der Waals surface area contributed by atoms with Crippen LogP contribution in [-0.2, 0) is 9.59 Å². The van der Waals surface area contributed by atoms with Crippen LogP contribution in [0.4, 0.5) is 0 Å². The number of carbonyl (C=O) groups is 2. The highest BCUT2D eigenvalue weighted by Gasteiger charge is 2.41. The molecular weight excluding hydrogens is 218 g/mol. The molecule has 4 heteroatoms. The molecule has 1 aliphatic carbocycles. The third-order valence-electron chi connectivity index (χ3n) is 3.51. The molecule has 0 aromatic heterocycles. The minimum atomic E-state index is -1.04. The summed E-state index contributed by atoms with van der Waals surface area (Å²) in [6, 6.07) is 0. The van der Waals surface area contributed by atoms with Gasteiger partial charge in [0.25, 0.3) is 0 Å². The van der Waals surface area contributed by atoms with Crippen LogP contribution in [0, 0.1) is 11.3 Å². The van der Waals surface area contributed by atoms with Crippen LogP contribution in [0.15, 0.2) is 0 Å². The number of carboxylic acid groups (broad SMARTS) is 1. The highest BCUT2D eigenvalue weighted by Crippen LogP contribution is 2.31. The number of carbonyl (C=O) groups excluding carboxylic acids is 1. The smallest absolute Gasteiger partial charge is 0.316 e. The third kappa shape index (κ3) is 3.45. The number of amides is 1. The van der Waals surface area contributed by atoms with Crippen molar-refractivity contribution in [2.45, 2.75) is 58.9 Å². The van der Waals surface area contributed by atoms with Crippen LogP contribution in [0.25, 0.3) is 0 Å². The standard InChI is InChI=1S/C13H23NO3/c1-12(2,3)9(11(16)17)10(15)14-13(4)7-5-6-8-13/h9H,5-8H2,1-4H3,(H,14,15)(H,16,17). The normalized spacial score (nSPS) is 20.9. The van der Waals surface area contributed by atoms with Gasteiger partial charge in [0, 0.05) is 5.54 Å². The van der Waals surface area contributed by atoms with Crippen molar-refractivity contribution in [2.75, 3.05) is 0 Å². The Bertz CT molecular complexity index is 311. The van der Waals surface area contributed by atoms with E-state index in [0.29, 0.717) is 0 Å². The number of hydrogen-bond donors (Lipinski definition) is 2. The maximum absolute atomic E-state index is 12.1. The van der Waals surface area contributed by atoms with E-state index in [1.807, 2.05) is 6.92 Å². The molecule has 1 atom stereocenters. The maximum Gasteiger partial charge on any atom is 0.316 e. The highest BCUT2D eigenvalue weighted by molar-refractivity contribution is 5.98. The van der Waals surface area contributed by atoms with Crippen LogP contribution in [0.3, 0.4) is 0 Å². The first-order valence-corrected chi connectivity index (χ1v) is 6.20. The van der Waals surface area contributed by atoms with Gasteiger partial charge in [0.2, 0.25) is 5.91 Å². The Labute approximate surface area is 103 Å². The van der Waals surface area contributed by atoms with Crippen molar-refractivity contribution in [1.29, 1.82) is 0 Å². The van der Waals surface area contributed by atoms with Gasteiger partial charge in [-0.05, 0) is 25.2 Å². The lowest BCUT2D eigenvalue weighted by Gasteiger charge is -2.31. The molecule has 1 rings (SSSR count). The first kappa shape index (κ1) is 14.0. The largest absolute Gasteiger partial charge is 0.481 e. The van der Waals surface area contributed by atoms with Crippen molar-refractivity contribution in [3.05, 3.63) is 0 Å². The van der Waals surface area contributed by atoms with E-state index in [-0.39, 0.29) is 11.4 Å². The minimum Gasteiger partial charge on any atom is -0.481 e. The summed E-state index contributed by atoms with van der Waals surface area (Å²) in [5, 5.41) is 12.1. The van der Waals surface area contributed by atoms with Gasteiger partial charge in [0.05, 0.1) is 0 Å². The van der Waals surface area contributed by atoms with E-state index < -0.39 is 17.3 Å². The van der Waals surface area contributed by atoms with E-state index in [0.717, 1.165) is 25.7 Å². The molecular formula is C13H23NO3. The fourth-order valence-electron chi connectivity index (χ4n) is 2.53. The Morgan fingerprint density at radius 3 is 2.06 bits per heavy atom. The van der Waals surface area contributed by atoms with E-state index in [1.165, 1.54) is 0 Å². The molecule has 0 aliphatic heterocycles. The number of aliphatic carboxylic acids is 1. The van der Waals surface area contributed by atoms with Gasteiger partial charge >= 0.3 is 5.97 Å². The molecule has 0 heterocycles. The van der Waals surface area contributed by atoms with Gasteiger partial charge < -0.3 is 10.4 Å². The van der Waals surface area contributed by atoms with Crippen molar-refractivity contribution < 1.29 is 14.7 Å².